The van der Waals surface area contributed by atoms with Crippen LogP contribution in [0.5, 0.6) is 0 Å². The number of hydrogen-bond donors (Lipinski definition) is 0. The molecule has 2 bridgehead atoms. The van der Waals surface area contributed by atoms with Crippen LogP contribution in [0.15, 0.2) is 24.3 Å². The van der Waals surface area contributed by atoms with E-state index in [2.05, 4.69) is 36.1 Å². The SMILES string of the molecule is Cc1ccc([C@@]23OC[C@@H]4[C@H]5CC[C@H](C5)[C@@H]4N2C(=O)[C@H]2CCCC[C@H]23)cc1. The van der Waals surface area contributed by atoms with Crippen LogP contribution in [0, 0.1) is 36.5 Å². The number of hydrogen-bond acceptors (Lipinski definition) is 2. The summed E-state index contributed by atoms with van der Waals surface area (Å²) in [7, 11) is 0. The Balaban J connectivity index is 1.52. The fraction of sp³-hybridized carbons (Fsp3) is 0.696. The average Bonchev–Trinajstić information content (AvgIpc) is 3.35. The summed E-state index contributed by atoms with van der Waals surface area (Å²) in [5.74, 6) is 3.02. The van der Waals surface area contributed by atoms with E-state index < -0.39 is 5.72 Å². The van der Waals surface area contributed by atoms with E-state index in [0.29, 0.717) is 29.7 Å². The van der Waals surface area contributed by atoms with E-state index in [1.807, 2.05) is 0 Å². The van der Waals surface area contributed by atoms with Gasteiger partial charge in [0.15, 0.2) is 5.72 Å². The lowest BCUT2D eigenvalue weighted by Gasteiger charge is -2.54. The number of rotatable bonds is 1. The fourth-order valence-electron chi connectivity index (χ4n) is 7.43. The molecule has 26 heavy (non-hydrogen) atoms. The second-order valence-corrected chi connectivity index (χ2v) is 9.57. The van der Waals surface area contributed by atoms with Crippen LogP contribution < -0.4 is 0 Å². The number of benzene rings is 1. The van der Waals surface area contributed by atoms with Crippen LogP contribution in [0.2, 0.25) is 0 Å². The van der Waals surface area contributed by atoms with Crippen LogP contribution in [-0.4, -0.2) is 23.5 Å². The first-order chi connectivity index (χ1) is 12.7. The molecule has 2 heterocycles. The molecule has 3 nitrogen and oxygen atoms in total. The third-order valence-electron chi connectivity index (χ3n) is 8.48. The zero-order valence-electron chi connectivity index (χ0n) is 15.7. The quantitative estimate of drug-likeness (QED) is 0.757. The smallest absolute Gasteiger partial charge is 0.228 e. The highest BCUT2D eigenvalue weighted by atomic mass is 16.5. The molecule has 0 unspecified atom stereocenters. The Bertz CT molecular complexity index is 743. The monoisotopic (exact) mass is 351 g/mol. The summed E-state index contributed by atoms with van der Waals surface area (Å²) in [6.07, 6.45) is 8.61. The van der Waals surface area contributed by atoms with E-state index in [0.717, 1.165) is 25.4 Å². The molecule has 3 heteroatoms. The van der Waals surface area contributed by atoms with Gasteiger partial charge >= 0.3 is 0 Å². The van der Waals surface area contributed by atoms with Crippen molar-refractivity contribution in [3.63, 3.8) is 0 Å². The van der Waals surface area contributed by atoms with Crippen LogP contribution in [0.4, 0.5) is 0 Å². The Kier molecular flexibility index (Phi) is 3.22. The van der Waals surface area contributed by atoms with Gasteiger partial charge in [-0.05, 0) is 50.9 Å². The van der Waals surface area contributed by atoms with Gasteiger partial charge in [-0.1, -0.05) is 42.7 Å². The van der Waals surface area contributed by atoms with Crippen molar-refractivity contribution >= 4 is 5.91 Å². The van der Waals surface area contributed by atoms with E-state index in [1.54, 1.807) is 0 Å². The number of carbonyl (C=O) groups excluding carboxylic acids is 1. The highest BCUT2D eigenvalue weighted by molar-refractivity contribution is 5.84. The Morgan fingerprint density at radius 2 is 1.81 bits per heavy atom. The molecule has 0 spiro atoms. The summed E-state index contributed by atoms with van der Waals surface area (Å²) in [5.41, 5.74) is 2.02. The normalized spacial score (nSPS) is 46.2. The number of aryl methyl sites for hydroxylation is 1. The van der Waals surface area contributed by atoms with Gasteiger partial charge in [-0.3, -0.25) is 4.79 Å². The molecule has 0 radical (unpaired) electrons. The van der Waals surface area contributed by atoms with Crippen molar-refractivity contribution in [2.24, 2.45) is 29.6 Å². The maximum absolute atomic E-state index is 13.7. The minimum Gasteiger partial charge on any atom is -0.350 e. The van der Waals surface area contributed by atoms with Gasteiger partial charge in [0.1, 0.15) is 0 Å². The van der Waals surface area contributed by atoms with Crippen molar-refractivity contribution in [1.29, 1.82) is 0 Å². The molecular weight excluding hydrogens is 322 g/mol. The minimum absolute atomic E-state index is 0.183. The van der Waals surface area contributed by atoms with Crippen LogP contribution in [0.1, 0.15) is 56.1 Å². The van der Waals surface area contributed by atoms with Gasteiger partial charge < -0.3 is 9.64 Å². The molecule has 5 aliphatic rings. The molecule has 3 aliphatic carbocycles. The predicted octanol–water partition coefficient (Wildman–Crippen LogP) is 4.24. The Labute approximate surface area is 156 Å². The summed E-state index contributed by atoms with van der Waals surface area (Å²) >= 11 is 0. The number of ether oxygens (including phenoxy) is 1. The Morgan fingerprint density at radius 3 is 2.65 bits per heavy atom. The molecule has 1 aromatic rings. The molecule has 138 valence electrons. The molecule has 5 fully saturated rings. The molecule has 2 aliphatic heterocycles. The Morgan fingerprint density at radius 1 is 1.04 bits per heavy atom. The second kappa shape index (κ2) is 5.34. The lowest BCUT2D eigenvalue weighted by atomic mass is 9.73. The maximum Gasteiger partial charge on any atom is 0.228 e. The van der Waals surface area contributed by atoms with E-state index in [-0.39, 0.29) is 5.92 Å². The lowest BCUT2D eigenvalue weighted by Crippen LogP contribution is -2.62. The van der Waals surface area contributed by atoms with Gasteiger partial charge in [0.2, 0.25) is 5.91 Å². The van der Waals surface area contributed by atoms with E-state index in [1.165, 1.54) is 43.2 Å². The third-order valence-corrected chi connectivity index (χ3v) is 8.48. The van der Waals surface area contributed by atoms with Crippen LogP contribution in [-0.2, 0) is 15.3 Å². The molecule has 6 rings (SSSR count). The second-order valence-electron chi connectivity index (χ2n) is 9.57. The van der Waals surface area contributed by atoms with Gasteiger partial charge in [0.05, 0.1) is 6.61 Å². The van der Waals surface area contributed by atoms with E-state index in [4.69, 9.17) is 4.74 Å². The summed E-state index contributed by atoms with van der Waals surface area (Å²) < 4.78 is 6.83. The van der Waals surface area contributed by atoms with Gasteiger partial charge in [-0.25, -0.2) is 0 Å². The van der Waals surface area contributed by atoms with E-state index in [9.17, 15) is 4.79 Å². The number of nitrogens with zero attached hydrogens (tertiary/aromatic N) is 1. The van der Waals surface area contributed by atoms with Crippen molar-refractivity contribution < 1.29 is 9.53 Å². The molecule has 1 amide bonds. The minimum atomic E-state index is -0.485. The van der Waals surface area contributed by atoms with Gasteiger partial charge in [-0.2, -0.15) is 0 Å². The molecule has 7 atom stereocenters. The zero-order valence-corrected chi connectivity index (χ0v) is 15.7. The highest BCUT2D eigenvalue weighted by Gasteiger charge is 2.68. The molecular formula is C23H29NO2. The lowest BCUT2D eigenvalue weighted by molar-refractivity contribution is -0.242. The molecule has 0 N–H and O–H groups in total. The molecule has 0 aromatic heterocycles. The van der Waals surface area contributed by atoms with Crippen LogP contribution >= 0.6 is 0 Å². The fourth-order valence-corrected chi connectivity index (χ4v) is 7.43. The summed E-state index contributed by atoms with van der Waals surface area (Å²) in [6, 6.07) is 9.29. The molecule has 1 aromatic carbocycles. The molecule has 3 saturated carbocycles. The van der Waals surface area contributed by atoms with Crippen LogP contribution in [0.3, 0.4) is 0 Å². The summed E-state index contributed by atoms with van der Waals surface area (Å²) in [5, 5.41) is 0. The highest BCUT2D eigenvalue weighted by Crippen LogP contribution is 2.62. The summed E-state index contributed by atoms with van der Waals surface area (Å²) in [4.78, 5) is 16.0. The summed E-state index contributed by atoms with van der Waals surface area (Å²) in [6.45, 7) is 2.99. The first-order valence-corrected chi connectivity index (χ1v) is 10.7. The van der Waals surface area contributed by atoms with Crippen molar-refractivity contribution in [2.45, 2.75) is 63.6 Å². The first-order valence-electron chi connectivity index (χ1n) is 10.7. The largest absolute Gasteiger partial charge is 0.350 e. The van der Waals surface area contributed by atoms with Crippen LogP contribution in [0.25, 0.3) is 0 Å². The Hall–Kier alpha value is -1.35. The van der Waals surface area contributed by atoms with Crippen molar-refractivity contribution in [1.82, 2.24) is 4.90 Å². The number of carbonyl (C=O) groups is 1. The van der Waals surface area contributed by atoms with Crippen molar-refractivity contribution in [3.8, 4) is 0 Å². The van der Waals surface area contributed by atoms with Crippen molar-refractivity contribution in [3.05, 3.63) is 35.4 Å². The maximum atomic E-state index is 13.7. The van der Waals surface area contributed by atoms with Gasteiger partial charge in [0, 0.05) is 29.4 Å². The number of amides is 1. The van der Waals surface area contributed by atoms with Crippen molar-refractivity contribution in [2.75, 3.05) is 6.61 Å². The molecule has 2 saturated heterocycles. The standard InChI is InChI=1S/C23H29NO2/c1-14-6-10-17(11-7-14)23-20-5-3-2-4-18(20)22(25)24(23)21-16-9-8-15(12-16)19(21)13-26-23/h6-7,10-11,15-16,18-21H,2-5,8-9,12-13H2,1H3/t15-,16+,18-,19+,20+,21-,23-/m0/s1. The predicted molar refractivity (Wildman–Crippen MR) is 99.2 cm³/mol. The number of fused-ring (bicyclic) bond motifs is 9. The zero-order chi connectivity index (χ0) is 17.5. The average molecular weight is 351 g/mol. The van der Waals surface area contributed by atoms with E-state index >= 15 is 0 Å². The third kappa shape index (κ3) is 1.81. The topological polar surface area (TPSA) is 29.5 Å². The van der Waals surface area contributed by atoms with Gasteiger partial charge in [-0.15, -0.1) is 0 Å². The first kappa shape index (κ1) is 15.7. The van der Waals surface area contributed by atoms with Gasteiger partial charge in [0.25, 0.3) is 0 Å².